The van der Waals surface area contributed by atoms with E-state index in [1.165, 1.54) is 0 Å². The molecule has 0 unspecified atom stereocenters. The maximum Gasteiger partial charge on any atom is 0.255 e. The van der Waals surface area contributed by atoms with E-state index in [1.807, 2.05) is 96.6 Å². The lowest BCUT2D eigenvalue weighted by molar-refractivity contribution is 0.102. The second-order valence-corrected chi connectivity index (χ2v) is 5.54. The van der Waals surface area contributed by atoms with Gasteiger partial charge in [-0.2, -0.15) is 0 Å². The summed E-state index contributed by atoms with van der Waals surface area (Å²) in [5.74, 6) is -0.114. The monoisotopic (exact) mass is 305 g/mol. The highest BCUT2D eigenvalue weighted by atomic mass is 16.1. The number of rotatable bonds is 4. The number of aromatic nitrogens is 1. The van der Waals surface area contributed by atoms with E-state index in [4.69, 9.17) is 0 Å². The van der Waals surface area contributed by atoms with Crippen LogP contribution in [0.15, 0.2) is 73.1 Å². The van der Waals surface area contributed by atoms with Crippen LogP contribution in [0.1, 0.15) is 10.4 Å². The summed E-state index contributed by atoms with van der Waals surface area (Å²) in [5.41, 5.74) is 3.48. The van der Waals surface area contributed by atoms with Crippen LogP contribution in [-0.4, -0.2) is 24.6 Å². The van der Waals surface area contributed by atoms with E-state index < -0.39 is 0 Å². The summed E-state index contributed by atoms with van der Waals surface area (Å²) in [4.78, 5) is 14.4. The van der Waals surface area contributed by atoms with Crippen LogP contribution in [0.4, 0.5) is 11.4 Å². The molecular formula is C19H19N3O. The van der Waals surface area contributed by atoms with Gasteiger partial charge < -0.3 is 14.8 Å². The lowest BCUT2D eigenvalue weighted by atomic mass is 10.1. The Bertz CT molecular complexity index is 790. The highest BCUT2D eigenvalue weighted by Gasteiger charge is 2.07. The number of nitrogens with zero attached hydrogens (tertiary/aromatic N) is 2. The third-order valence-corrected chi connectivity index (χ3v) is 3.65. The van der Waals surface area contributed by atoms with Gasteiger partial charge in [-0.3, -0.25) is 4.79 Å². The Hall–Kier alpha value is -3.01. The lowest BCUT2D eigenvalue weighted by Gasteiger charge is -2.13. The SMILES string of the molecule is CN(C)c1ccc(NC(=O)c2cccc(-n3cccc3)c2)cc1. The van der Waals surface area contributed by atoms with Gasteiger partial charge in [-0.1, -0.05) is 6.07 Å². The first-order valence-corrected chi connectivity index (χ1v) is 7.45. The standard InChI is InChI=1S/C19H19N3O/c1-21(2)17-10-8-16(9-11-17)20-19(23)15-6-5-7-18(14-15)22-12-3-4-13-22/h3-14H,1-2H3,(H,20,23). The third-order valence-electron chi connectivity index (χ3n) is 3.65. The Labute approximate surface area is 136 Å². The first kappa shape index (κ1) is 14.9. The van der Waals surface area contributed by atoms with Crippen molar-refractivity contribution in [2.45, 2.75) is 0 Å². The zero-order chi connectivity index (χ0) is 16.2. The van der Waals surface area contributed by atoms with E-state index in [0.29, 0.717) is 5.56 Å². The molecule has 0 fully saturated rings. The topological polar surface area (TPSA) is 37.3 Å². The van der Waals surface area contributed by atoms with Crippen LogP contribution in [0.5, 0.6) is 0 Å². The van der Waals surface area contributed by atoms with Crippen molar-refractivity contribution >= 4 is 17.3 Å². The number of hydrogen-bond donors (Lipinski definition) is 1. The first-order chi connectivity index (χ1) is 11.1. The van der Waals surface area contributed by atoms with Crippen LogP contribution in [0.2, 0.25) is 0 Å². The molecule has 0 saturated heterocycles. The smallest absolute Gasteiger partial charge is 0.255 e. The Morgan fingerprint density at radius 2 is 1.65 bits per heavy atom. The van der Waals surface area contributed by atoms with Gasteiger partial charge in [0.2, 0.25) is 0 Å². The Balaban J connectivity index is 1.77. The molecule has 0 atom stereocenters. The van der Waals surface area contributed by atoms with E-state index in [1.54, 1.807) is 0 Å². The van der Waals surface area contributed by atoms with Gasteiger partial charge in [0.1, 0.15) is 0 Å². The summed E-state index contributed by atoms with van der Waals surface area (Å²) in [6.07, 6.45) is 3.91. The molecule has 3 aromatic rings. The minimum absolute atomic E-state index is 0.114. The number of carbonyl (C=O) groups is 1. The summed E-state index contributed by atoms with van der Waals surface area (Å²) >= 11 is 0. The summed E-state index contributed by atoms with van der Waals surface area (Å²) in [5, 5.41) is 2.93. The van der Waals surface area contributed by atoms with Gasteiger partial charge in [0, 0.05) is 49.1 Å². The summed E-state index contributed by atoms with van der Waals surface area (Å²) < 4.78 is 1.97. The van der Waals surface area contributed by atoms with Gasteiger partial charge in [-0.15, -0.1) is 0 Å². The molecule has 4 heteroatoms. The molecule has 1 heterocycles. The molecule has 2 aromatic carbocycles. The maximum absolute atomic E-state index is 12.4. The van der Waals surface area contributed by atoms with Crippen LogP contribution in [0.25, 0.3) is 5.69 Å². The molecule has 1 aromatic heterocycles. The third kappa shape index (κ3) is 3.43. The highest BCUT2D eigenvalue weighted by Crippen LogP contribution is 2.17. The summed E-state index contributed by atoms with van der Waals surface area (Å²) in [6.45, 7) is 0. The number of benzene rings is 2. The molecular weight excluding hydrogens is 286 g/mol. The molecule has 1 N–H and O–H groups in total. The molecule has 116 valence electrons. The second-order valence-electron chi connectivity index (χ2n) is 5.54. The molecule has 0 aliphatic heterocycles. The fourth-order valence-electron chi connectivity index (χ4n) is 2.36. The van der Waals surface area contributed by atoms with Gasteiger partial charge in [0.15, 0.2) is 0 Å². The van der Waals surface area contributed by atoms with Crippen LogP contribution in [-0.2, 0) is 0 Å². The number of nitrogens with one attached hydrogen (secondary N) is 1. The number of hydrogen-bond acceptors (Lipinski definition) is 2. The molecule has 23 heavy (non-hydrogen) atoms. The van der Waals surface area contributed by atoms with Crippen molar-refractivity contribution in [2.24, 2.45) is 0 Å². The van der Waals surface area contributed by atoms with Crippen molar-refractivity contribution in [3.05, 3.63) is 78.6 Å². The number of anilines is 2. The molecule has 0 spiro atoms. The molecule has 0 radical (unpaired) electrons. The molecule has 0 aliphatic carbocycles. The lowest BCUT2D eigenvalue weighted by Crippen LogP contribution is -2.13. The fourth-order valence-corrected chi connectivity index (χ4v) is 2.36. The van der Waals surface area contributed by atoms with Crippen LogP contribution >= 0.6 is 0 Å². The van der Waals surface area contributed by atoms with Gasteiger partial charge in [-0.25, -0.2) is 0 Å². The van der Waals surface area contributed by atoms with Gasteiger partial charge in [0.25, 0.3) is 5.91 Å². The highest BCUT2D eigenvalue weighted by molar-refractivity contribution is 6.04. The average Bonchev–Trinajstić information content (AvgIpc) is 3.10. The van der Waals surface area contributed by atoms with Crippen molar-refractivity contribution in [1.29, 1.82) is 0 Å². The van der Waals surface area contributed by atoms with E-state index in [0.717, 1.165) is 17.1 Å². The van der Waals surface area contributed by atoms with Crippen LogP contribution < -0.4 is 10.2 Å². The van der Waals surface area contributed by atoms with E-state index >= 15 is 0 Å². The molecule has 4 nitrogen and oxygen atoms in total. The number of amides is 1. The first-order valence-electron chi connectivity index (χ1n) is 7.45. The Morgan fingerprint density at radius 3 is 2.30 bits per heavy atom. The quantitative estimate of drug-likeness (QED) is 0.796. The average molecular weight is 305 g/mol. The largest absolute Gasteiger partial charge is 0.378 e. The van der Waals surface area contributed by atoms with Crippen molar-refractivity contribution in [2.75, 3.05) is 24.3 Å². The van der Waals surface area contributed by atoms with Gasteiger partial charge in [0.05, 0.1) is 0 Å². The fraction of sp³-hybridized carbons (Fsp3) is 0.105. The van der Waals surface area contributed by atoms with E-state index in [2.05, 4.69) is 5.32 Å². The van der Waals surface area contributed by atoms with Crippen LogP contribution in [0, 0.1) is 0 Å². The summed E-state index contributed by atoms with van der Waals surface area (Å²) in [6, 6.07) is 19.2. The zero-order valence-corrected chi connectivity index (χ0v) is 13.2. The minimum atomic E-state index is -0.114. The second kappa shape index (κ2) is 6.40. The maximum atomic E-state index is 12.4. The molecule has 0 bridgehead atoms. The molecule has 0 aliphatic rings. The normalized spacial score (nSPS) is 10.3. The predicted octanol–water partition coefficient (Wildman–Crippen LogP) is 3.80. The van der Waals surface area contributed by atoms with Crippen molar-refractivity contribution in [1.82, 2.24) is 4.57 Å². The van der Waals surface area contributed by atoms with Crippen LogP contribution in [0.3, 0.4) is 0 Å². The Kier molecular flexibility index (Phi) is 4.15. The number of carbonyl (C=O) groups excluding carboxylic acids is 1. The van der Waals surface area contributed by atoms with E-state index in [-0.39, 0.29) is 5.91 Å². The molecule has 1 amide bonds. The summed E-state index contributed by atoms with van der Waals surface area (Å²) in [7, 11) is 3.97. The molecule has 0 saturated carbocycles. The van der Waals surface area contributed by atoms with Crippen molar-refractivity contribution in [3.8, 4) is 5.69 Å². The molecule has 3 rings (SSSR count). The minimum Gasteiger partial charge on any atom is -0.378 e. The van der Waals surface area contributed by atoms with E-state index in [9.17, 15) is 4.79 Å². The van der Waals surface area contributed by atoms with Crippen molar-refractivity contribution in [3.63, 3.8) is 0 Å². The van der Waals surface area contributed by atoms with Gasteiger partial charge in [-0.05, 0) is 54.6 Å². The zero-order valence-electron chi connectivity index (χ0n) is 13.2. The van der Waals surface area contributed by atoms with Gasteiger partial charge >= 0.3 is 0 Å². The Morgan fingerprint density at radius 1 is 0.957 bits per heavy atom. The predicted molar refractivity (Wildman–Crippen MR) is 94.5 cm³/mol. The van der Waals surface area contributed by atoms with Crippen molar-refractivity contribution < 1.29 is 4.79 Å².